The first-order valence-electron chi connectivity index (χ1n) is 16.1. The molecule has 0 spiro atoms. The van der Waals surface area contributed by atoms with E-state index >= 15 is 0 Å². The van der Waals surface area contributed by atoms with Gasteiger partial charge in [0.1, 0.15) is 56.4 Å². The minimum Gasteiger partial charge on any atom is -0.619 e. The Labute approximate surface area is 350 Å². The Morgan fingerprint density at radius 2 is 1.13 bits per heavy atom. The van der Waals surface area contributed by atoms with Gasteiger partial charge in [-0.05, 0) is 111 Å². The number of ether oxygens (including phenoxy) is 2. The van der Waals surface area contributed by atoms with Gasteiger partial charge in [0, 0.05) is 34.0 Å². The molecule has 2 saturated carbocycles. The van der Waals surface area contributed by atoms with Crippen LogP contribution in [0.15, 0.2) is 12.2 Å². The van der Waals surface area contributed by atoms with Gasteiger partial charge in [-0.25, -0.2) is 4.79 Å². The summed E-state index contributed by atoms with van der Waals surface area (Å²) in [7, 11) is -5.60. The molecule has 0 aromatic heterocycles. The van der Waals surface area contributed by atoms with Crippen LogP contribution < -0.4 is 9.79 Å². The second-order valence-corrected chi connectivity index (χ2v) is 37.7. The summed E-state index contributed by atoms with van der Waals surface area (Å²) >= 11 is 9.59. The summed E-state index contributed by atoms with van der Waals surface area (Å²) in [5.74, 6) is -0.819. The molecule has 2 aliphatic carbocycles. The Hall–Kier alpha value is 0.828. The van der Waals surface area contributed by atoms with Gasteiger partial charge < -0.3 is 31.6 Å². The van der Waals surface area contributed by atoms with E-state index in [-0.39, 0.29) is 85.9 Å². The fourth-order valence-corrected chi connectivity index (χ4v) is 25.5. The van der Waals surface area contributed by atoms with Crippen molar-refractivity contribution < 1.29 is 41.2 Å². The maximum atomic E-state index is 12.8. The Morgan fingerprint density at radius 3 is 1.45 bits per heavy atom. The van der Waals surface area contributed by atoms with Crippen molar-refractivity contribution in [1.29, 1.82) is 0 Å². The molecule has 9 nitrogen and oxygen atoms in total. The van der Waals surface area contributed by atoms with Gasteiger partial charge in [0.15, 0.2) is 16.6 Å². The summed E-state index contributed by atoms with van der Waals surface area (Å²) in [6, 6.07) is 0.557. The van der Waals surface area contributed by atoms with E-state index in [2.05, 4.69) is 52.4 Å². The molecule has 0 N–H and O–H groups in total. The van der Waals surface area contributed by atoms with Gasteiger partial charge in [0.05, 0.1) is 5.92 Å². The van der Waals surface area contributed by atoms with Crippen molar-refractivity contribution in [2.24, 2.45) is 5.92 Å². The lowest BCUT2D eigenvalue weighted by Crippen LogP contribution is -2.53. The molecule has 0 bridgehead atoms. The lowest BCUT2D eigenvalue weighted by atomic mass is 9.97. The van der Waals surface area contributed by atoms with Crippen LogP contribution in [0.3, 0.4) is 0 Å². The average Bonchev–Trinajstić information content (AvgIpc) is 2.95. The van der Waals surface area contributed by atoms with Crippen LogP contribution in [0.25, 0.3) is 0 Å². The minimum absolute atomic E-state index is 0. The topological polar surface area (TPSA) is 126 Å². The third kappa shape index (κ3) is 28.0. The van der Waals surface area contributed by atoms with E-state index in [4.69, 9.17) is 44.2 Å². The third-order valence-electron chi connectivity index (χ3n) is 7.35. The maximum absolute atomic E-state index is 12.8. The van der Waals surface area contributed by atoms with E-state index in [0.717, 1.165) is 70.4 Å². The first-order valence-corrected chi connectivity index (χ1v) is 34.6. The van der Waals surface area contributed by atoms with E-state index in [1.807, 2.05) is 13.5 Å². The highest BCUT2D eigenvalue weighted by Gasteiger charge is 2.43. The van der Waals surface area contributed by atoms with Gasteiger partial charge in [0.25, 0.3) is 0 Å². The van der Waals surface area contributed by atoms with Crippen molar-refractivity contribution in [3.63, 3.8) is 0 Å². The second-order valence-electron chi connectivity index (χ2n) is 14.5. The quantitative estimate of drug-likeness (QED) is 0.0715. The predicted molar refractivity (Wildman–Crippen MR) is 250 cm³/mol. The summed E-state index contributed by atoms with van der Waals surface area (Å²) in [6.45, 7) is 21.4. The molecule has 319 valence electrons. The summed E-state index contributed by atoms with van der Waals surface area (Å²) in [6.07, 6.45) is 6.17. The molecule has 4 atom stereocenters. The SMILES string of the molecule is C.C.C.C.C.C.C=C(C)C(=O)OC1CCC([P+]([O-])=S=S)CC1.CC(C[Si](C)(O[Si](C)O[Si](C)(C)C)O[Si](C)(C)C)C(=O)OC1CCC([P+]([O-])=S=S)CC1. The minimum atomic E-state index is -2.62. The smallest absolute Gasteiger partial charge is 0.360 e. The molecule has 2 rings (SSSR count). The number of hydrogen-bond donors (Lipinski definition) is 0. The number of rotatable bonds is 14. The van der Waals surface area contributed by atoms with E-state index in [1.165, 1.54) is 0 Å². The Kier molecular flexibility index (Phi) is 38.2. The zero-order valence-electron chi connectivity index (χ0n) is 29.7. The molecule has 4 unspecified atom stereocenters. The zero-order valence-corrected chi connectivity index (χ0v) is 38.7. The van der Waals surface area contributed by atoms with Crippen molar-refractivity contribution in [3.8, 4) is 0 Å². The number of carbonyl (C=O) groups excluding carboxylic acids is 2. The number of esters is 2. The van der Waals surface area contributed by atoms with Gasteiger partial charge in [-0.15, -0.1) is 0 Å². The molecule has 2 fully saturated rings. The van der Waals surface area contributed by atoms with Gasteiger partial charge in [-0.2, -0.15) is 0 Å². The van der Waals surface area contributed by atoms with Gasteiger partial charge in [-0.1, -0.05) is 58.1 Å². The van der Waals surface area contributed by atoms with E-state index in [1.54, 1.807) is 6.92 Å². The van der Waals surface area contributed by atoms with Crippen molar-refractivity contribution in [1.82, 2.24) is 0 Å². The second kappa shape index (κ2) is 30.8. The molecule has 0 saturated heterocycles. The molecule has 0 heterocycles. The van der Waals surface area contributed by atoms with Crippen LogP contribution >= 0.6 is 13.8 Å². The lowest BCUT2D eigenvalue weighted by molar-refractivity contribution is -0.157. The molecule has 1 radical (unpaired) electrons. The summed E-state index contributed by atoms with van der Waals surface area (Å²) in [4.78, 5) is 47.5. The van der Waals surface area contributed by atoms with E-state index < -0.39 is 48.3 Å². The highest BCUT2D eigenvalue weighted by atomic mass is 32.9. The molecule has 53 heavy (non-hydrogen) atoms. The fourth-order valence-electron chi connectivity index (χ4n) is 5.55. The Bertz CT molecular complexity index is 1180. The first kappa shape index (κ1) is 65.7. The number of carbonyl (C=O) groups is 2. The third-order valence-corrected chi connectivity index (χ3v) is 27.2. The normalized spacial score (nSPS) is 21.7. The van der Waals surface area contributed by atoms with E-state index in [0.29, 0.717) is 11.6 Å². The van der Waals surface area contributed by atoms with Crippen LogP contribution in [0.2, 0.25) is 58.4 Å². The summed E-state index contributed by atoms with van der Waals surface area (Å²) in [5.41, 5.74) is 0.766. The molecule has 0 amide bonds. The van der Waals surface area contributed by atoms with E-state index in [9.17, 15) is 19.4 Å². The molecule has 19 heteroatoms. The van der Waals surface area contributed by atoms with Crippen molar-refractivity contribution in [2.45, 2.75) is 192 Å². The van der Waals surface area contributed by atoms with Crippen LogP contribution in [-0.2, 0) is 72.8 Å². The molecule has 2 aliphatic rings. The molecular weight excluding hydrogens is 855 g/mol. The molecule has 0 aromatic rings. The van der Waals surface area contributed by atoms with Gasteiger partial charge in [0.2, 0.25) is 0 Å². The van der Waals surface area contributed by atoms with Crippen LogP contribution in [-0.4, -0.2) is 69.9 Å². The first-order chi connectivity index (χ1) is 21.6. The monoisotopic (exact) mass is 933 g/mol. The highest BCUT2D eigenvalue weighted by Crippen LogP contribution is 2.36. The van der Waals surface area contributed by atoms with Crippen molar-refractivity contribution >= 4 is 102 Å². The fraction of sp³-hybridized carbons (Fsp3) is 0.882. The molecule has 0 aliphatic heterocycles. The van der Waals surface area contributed by atoms with Gasteiger partial charge in [-0.3, -0.25) is 4.79 Å². The van der Waals surface area contributed by atoms with Crippen LogP contribution in [0.1, 0.15) is 110 Å². The zero-order chi connectivity index (χ0) is 36.2. The van der Waals surface area contributed by atoms with Crippen LogP contribution in [0.4, 0.5) is 0 Å². The molecular formula is C34H79O9P2S4Si4. The van der Waals surface area contributed by atoms with Crippen molar-refractivity contribution in [3.05, 3.63) is 12.2 Å². The van der Waals surface area contributed by atoms with Gasteiger partial charge >= 0.3 is 29.8 Å². The predicted octanol–water partition coefficient (Wildman–Crippen LogP) is 10.1. The maximum Gasteiger partial charge on any atom is 0.360 e. The van der Waals surface area contributed by atoms with Crippen LogP contribution in [0, 0.1) is 5.92 Å². The number of hydrogen-bond acceptors (Lipinski definition) is 11. The Morgan fingerprint density at radius 1 is 0.755 bits per heavy atom. The van der Waals surface area contributed by atoms with Crippen molar-refractivity contribution in [2.75, 3.05) is 0 Å². The summed E-state index contributed by atoms with van der Waals surface area (Å²) in [5, 5.41) is 0. The standard InChI is InChI=1S/C18H40O6PS2Si4.C10H15O3PS2.6CH4/c1-15(18(19)21-16-10-12-17(13-11-16)25(20)27-26)14-31(9,24-30(6,7)8)23-28(2)22-29(3,4)5;1-7(2)10(11)13-8-3-5-9(6-4-8)14(12)16-15;;;;;;/h15-17H,10-14H2,1-9H3;8-9H,1,3-6H2,2H3;6*1H4. The largest absolute Gasteiger partial charge is 0.619 e. The lowest BCUT2D eigenvalue weighted by Gasteiger charge is -2.37. The van der Waals surface area contributed by atoms with Crippen LogP contribution in [0.5, 0.6) is 0 Å². The summed E-state index contributed by atoms with van der Waals surface area (Å²) < 4.78 is 30.3. The highest BCUT2D eigenvalue weighted by molar-refractivity contribution is 8.34. The molecule has 0 aromatic carbocycles. The average molecular weight is 935 g/mol. The Balaban J connectivity index is -0.000000216.